The number of ether oxygens (including phenoxy) is 1. The third-order valence-electron chi connectivity index (χ3n) is 4.65. The number of rotatable bonds is 4. The number of hydrogen-bond acceptors (Lipinski definition) is 5. The summed E-state index contributed by atoms with van der Waals surface area (Å²) in [6.07, 6.45) is -5.65. The number of aromatic amines is 1. The van der Waals surface area contributed by atoms with Crippen molar-refractivity contribution in [3.05, 3.63) is 61.4 Å². The van der Waals surface area contributed by atoms with Crippen molar-refractivity contribution in [2.75, 3.05) is 11.9 Å². The van der Waals surface area contributed by atoms with Gasteiger partial charge in [0.2, 0.25) is 0 Å². The molecule has 31 heavy (non-hydrogen) atoms. The lowest BCUT2D eigenvalue weighted by atomic mass is 10.2. The number of aryl methyl sites for hydroxylation is 1. The fourth-order valence-electron chi connectivity index (χ4n) is 3.06. The zero-order valence-corrected chi connectivity index (χ0v) is 17.6. The molecular formula is C18H18ClF3N4O4S. The maximum Gasteiger partial charge on any atom is 0.417 e. The molecule has 3 atom stereocenters. The average molecular weight is 479 g/mol. The first-order valence-electron chi connectivity index (χ1n) is 9.03. The van der Waals surface area contributed by atoms with Crippen molar-refractivity contribution in [2.45, 2.75) is 38.0 Å². The standard InChI is InChI=1S/C18H18ClF3N4O4S/c1-8-7-26(17(29)25-15(8)28)14-5-12(27)13(30-14)6-23-16(31)24-9-2-3-11(19)10(4-9)18(20,21)22/h2-4,7,12-14,27H,5-6H2,1H3,(H2,23,24,31)(H,25,28,29)/t12-,13+,14-/m0/s1. The smallest absolute Gasteiger partial charge is 0.390 e. The van der Waals surface area contributed by atoms with Crippen LogP contribution in [0.1, 0.15) is 23.8 Å². The van der Waals surface area contributed by atoms with E-state index in [1.807, 2.05) is 0 Å². The van der Waals surface area contributed by atoms with E-state index in [0.717, 1.165) is 12.1 Å². The third kappa shape index (κ3) is 5.45. The van der Waals surface area contributed by atoms with Crippen molar-refractivity contribution in [1.29, 1.82) is 0 Å². The fourth-order valence-corrected chi connectivity index (χ4v) is 3.48. The van der Waals surface area contributed by atoms with Gasteiger partial charge in [0.1, 0.15) is 12.3 Å². The molecule has 1 aromatic heterocycles. The summed E-state index contributed by atoms with van der Waals surface area (Å²) >= 11 is 10.7. The Kier molecular flexibility index (Phi) is 6.74. The molecule has 168 valence electrons. The second-order valence-electron chi connectivity index (χ2n) is 6.94. The Morgan fingerprint density at radius 1 is 1.42 bits per heavy atom. The van der Waals surface area contributed by atoms with Crippen LogP contribution < -0.4 is 21.9 Å². The van der Waals surface area contributed by atoms with E-state index in [2.05, 4.69) is 15.6 Å². The van der Waals surface area contributed by atoms with Crippen molar-refractivity contribution in [1.82, 2.24) is 14.9 Å². The number of thiocarbonyl (C=S) groups is 1. The Morgan fingerprint density at radius 2 is 2.13 bits per heavy atom. The molecular weight excluding hydrogens is 461 g/mol. The van der Waals surface area contributed by atoms with E-state index in [1.165, 1.54) is 23.8 Å². The minimum absolute atomic E-state index is 0.00625. The minimum atomic E-state index is -4.61. The molecule has 0 saturated carbocycles. The van der Waals surface area contributed by atoms with Crippen LogP contribution in [0.25, 0.3) is 0 Å². The average Bonchev–Trinajstić information content (AvgIpc) is 3.04. The van der Waals surface area contributed by atoms with Crippen molar-refractivity contribution in [3.8, 4) is 0 Å². The number of halogens is 4. The Balaban J connectivity index is 1.61. The summed E-state index contributed by atoms with van der Waals surface area (Å²) in [4.78, 5) is 25.7. The number of alkyl halides is 3. The molecule has 0 radical (unpaired) electrons. The van der Waals surface area contributed by atoms with Gasteiger partial charge in [0, 0.05) is 30.4 Å². The Hall–Kier alpha value is -2.41. The molecule has 1 saturated heterocycles. The molecule has 0 bridgehead atoms. The maximum atomic E-state index is 13.0. The number of anilines is 1. The number of aliphatic hydroxyl groups excluding tert-OH is 1. The lowest BCUT2D eigenvalue weighted by Crippen LogP contribution is -2.39. The zero-order chi connectivity index (χ0) is 22.9. The van der Waals surface area contributed by atoms with E-state index in [4.69, 9.17) is 28.6 Å². The van der Waals surface area contributed by atoms with Gasteiger partial charge in [-0.15, -0.1) is 0 Å². The summed E-state index contributed by atoms with van der Waals surface area (Å²) in [5.41, 5.74) is -1.78. The lowest BCUT2D eigenvalue weighted by molar-refractivity contribution is -0.137. The molecule has 0 amide bonds. The number of hydrogen-bond donors (Lipinski definition) is 4. The van der Waals surface area contributed by atoms with Gasteiger partial charge >= 0.3 is 11.9 Å². The molecule has 2 aromatic rings. The monoisotopic (exact) mass is 478 g/mol. The molecule has 2 heterocycles. The van der Waals surface area contributed by atoms with Crippen LogP contribution in [0.5, 0.6) is 0 Å². The summed E-state index contributed by atoms with van der Waals surface area (Å²) in [7, 11) is 0. The molecule has 1 aromatic carbocycles. The molecule has 1 aliphatic rings. The van der Waals surface area contributed by atoms with E-state index in [-0.39, 0.29) is 23.8 Å². The molecule has 0 aliphatic carbocycles. The van der Waals surface area contributed by atoms with E-state index in [1.54, 1.807) is 0 Å². The van der Waals surface area contributed by atoms with E-state index in [0.29, 0.717) is 5.56 Å². The first kappa shape index (κ1) is 23.3. The van der Waals surface area contributed by atoms with Crippen LogP contribution in [0, 0.1) is 6.92 Å². The fraction of sp³-hybridized carbons (Fsp3) is 0.389. The van der Waals surface area contributed by atoms with Crippen LogP contribution >= 0.6 is 23.8 Å². The van der Waals surface area contributed by atoms with E-state index < -0.39 is 46.4 Å². The predicted molar refractivity (Wildman–Crippen MR) is 111 cm³/mol. The van der Waals surface area contributed by atoms with E-state index in [9.17, 15) is 27.9 Å². The van der Waals surface area contributed by atoms with Crippen LogP contribution in [-0.2, 0) is 10.9 Å². The number of aromatic nitrogens is 2. The SMILES string of the molecule is Cc1cn([C@@H]2C[C@H](O)[C@@H](CNC(=S)Nc3ccc(Cl)c(C(F)(F)F)c3)O2)c(=O)[nH]c1=O. The normalized spacial score (nSPS) is 21.2. The van der Waals surface area contributed by atoms with Gasteiger partial charge in [-0.25, -0.2) is 4.79 Å². The van der Waals surface area contributed by atoms with Crippen molar-refractivity contribution in [3.63, 3.8) is 0 Å². The van der Waals surface area contributed by atoms with Crippen LogP contribution in [0.3, 0.4) is 0 Å². The van der Waals surface area contributed by atoms with Gasteiger partial charge in [-0.3, -0.25) is 14.3 Å². The molecule has 1 fully saturated rings. The van der Waals surface area contributed by atoms with E-state index >= 15 is 0 Å². The molecule has 0 unspecified atom stereocenters. The first-order chi connectivity index (χ1) is 14.5. The molecule has 13 heteroatoms. The highest BCUT2D eigenvalue weighted by Gasteiger charge is 2.36. The van der Waals surface area contributed by atoms with Gasteiger partial charge in [0.05, 0.1) is 16.7 Å². The predicted octanol–water partition coefficient (Wildman–Crippen LogP) is 2.15. The van der Waals surface area contributed by atoms with Crippen LogP contribution in [0.15, 0.2) is 34.0 Å². The quantitative estimate of drug-likeness (QED) is 0.499. The Morgan fingerprint density at radius 3 is 2.81 bits per heavy atom. The van der Waals surface area contributed by atoms with Gasteiger partial charge < -0.3 is 20.5 Å². The topological polar surface area (TPSA) is 108 Å². The summed E-state index contributed by atoms with van der Waals surface area (Å²) in [5.74, 6) is 0. The van der Waals surface area contributed by atoms with Gasteiger partial charge in [-0.05, 0) is 37.3 Å². The summed E-state index contributed by atoms with van der Waals surface area (Å²) in [5, 5.41) is 15.2. The number of aliphatic hydroxyl groups is 1. The molecule has 8 nitrogen and oxygen atoms in total. The minimum Gasteiger partial charge on any atom is -0.390 e. The van der Waals surface area contributed by atoms with Crippen molar-refractivity contribution < 1.29 is 23.0 Å². The summed E-state index contributed by atoms with van der Waals surface area (Å²) in [6.45, 7) is 1.56. The van der Waals surface area contributed by atoms with Gasteiger partial charge in [-0.2, -0.15) is 13.2 Å². The summed E-state index contributed by atoms with van der Waals surface area (Å²) < 4.78 is 45.8. The van der Waals surface area contributed by atoms with Gasteiger partial charge in [-0.1, -0.05) is 11.6 Å². The Bertz CT molecular complexity index is 1100. The Labute approximate surface area is 184 Å². The third-order valence-corrected chi connectivity index (χ3v) is 5.23. The molecule has 3 rings (SSSR count). The van der Waals surface area contributed by atoms with Crippen molar-refractivity contribution >= 4 is 34.6 Å². The number of nitrogens with zero attached hydrogens (tertiary/aromatic N) is 1. The van der Waals surface area contributed by atoms with Crippen LogP contribution in [0.4, 0.5) is 18.9 Å². The highest BCUT2D eigenvalue weighted by molar-refractivity contribution is 7.80. The molecule has 1 aliphatic heterocycles. The number of nitrogens with one attached hydrogen (secondary N) is 3. The highest BCUT2D eigenvalue weighted by atomic mass is 35.5. The van der Waals surface area contributed by atoms with Crippen molar-refractivity contribution in [2.24, 2.45) is 0 Å². The number of benzene rings is 1. The van der Waals surface area contributed by atoms with Gasteiger partial charge in [0.25, 0.3) is 5.56 Å². The molecule has 0 spiro atoms. The van der Waals surface area contributed by atoms with Crippen LogP contribution in [-0.4, -0.2) is 38.5 Å². The second-order valence-corrected chi connectivity index (χ2v) is 7.75. The summed E-state index contributed by atoms with van der Waals surface area (Å²) in [6, 6.07) is 3.28. The highest BCUT2D eigenvalue weighted by Crippen LogP contribution is 2.36. The number of H-pyrrole nitrogens is 1. The maximum absolute atomic E-state index is 13.0. The molecule has 4 N–H and O–H groups in total. The van der Waals surface area contributed by atoms with Gasteiger partial charge in [0.15, 0.2) is 5.11 Å². The lowest BCUT2D eigenvalue weighted by Gasteiger charge is -2.18. The largest absolute Gasteiger partial charge is 0.417 e. The first-order valence-corrected chi connectivity index (χ1v) is 9.81. The second kappa shape index (κ2) is 8.99. The zero-order valence-electron chi connectivity index (χ0n) is 16.0. The van der Waals surface area contributed by atoms with Crippen LogP contribution in [0.2, 0.25) is 5.02 Å².